The lowest BCUT2D eigenvalue weighted by molar-refractivity contribution is -0.141. The topological polar surface area (TPSA) is 76.6 Å². The van der Waals surface area contributed by atoms with Crippen LogP contribution >= 0.6 is 0 Å². The molecular formula is C13H17FN2O4S. The van der Waals surface area contributed by atoms with Gasteiger partial charge in [0.25, 0.3) is 0 Å². The molecule has 1 aromatic rings. The number of piperidine rings is 1. The Kier molecular flexibility index (Phi) is 4.89. The number of methoxy groups -OCH3 is 1. The number of rotatable bonds is 4. The Morgan fingerprint density at radius 3 is 2.90 bits per heavy atom. The predicted molar refractivity (Wildman–Crippen MR) is 72.4 cm³/mol. The van der Waals surface area contributed by atoms with Crippen LogP contribution in [0, 0.1) is 5.82 Å². The van der Waals surface area contributed by atoms with Crippen molar-refractivity contribution in [1.29, 1.82) is 0 Å². The van der Waals surface area contributed by atoms with E-state index >= 15 is 0 Å². The van der Waals surface area contributed by atoms with Gasteiger partial charge in [0.1, 0.15) is 10.7 Å². The van der Waals surface area contributed by atoms with E-state index in [1.807, 2.05) is 0 Å². The molecule has 1 aliphatic rings. The summed E-state index contributed by atoms with van der Waals surface area (Å²) in [6.07, 6.45) is 4.19. The zero-order valence-electron chi connectivity index (χ0n) is 11.7. The van der Waals surface area contributed by atoms with Crippen molar-refractivity contribution in [2.75, 3.05) is 13.7 Å². The quantitative estimate of drug-likeness (QED) is 0.783. The number of esters is 1. The Balaban J connectivity index is 2.29. The fraction of sp³-hybridized carbons (Fsp3) is 0.538. The van der Waals surface area contributed by atoms with E-state index in [2.05, 4.69) is 9.72 Å². The van der Waals surface area contributed by atoms with Crippen LogP contribution in [0.2, 0.25) is 0 Å². The number of pyridine rings is 1. The highest BCUT2D eigenvalue weighted by molar-refractivity contribution is 7.89. The molecule has 0 bridgehead atoms. The minimum absolute atomic E-state index is 0.00151. The Morgan fingerprint density at radius 1 is 1.48 bits per heavy atom. The Hall–Kier alpha value is -1.54. The molecule has 1 aliphatic heterocycles. The molecule has 21 heavy (non-hydrogen) atoms. The van der Waals surface area contributed by atoms with E-state index in [0.717, 1.165) is 24.9 Å². The molecule has 0 amide bonds. The average Bonchev–Trinajstić information content (AvgIpc) is 2.47. The van der Waals surface area contributed by atoms with Crippen molar-refractivity contribution in [2.45, 2.75) is 36.6 Å². The standard InChI is InChI=1S/C13H17FN2O4S/c1-20-13(17)7-11-4-2-3-5-16(11)21(18,19)12-6-10(14)8-15-9-12/h6,8-9,11H,2-5,7H2,1H3. The lowest BCUT2D eigenvalue weighted by Crippen LogP contribution is -2.44. The molecule has 2 heterocycles. The fourth-order valence-corrected chi connectivity index (χ4v) is 4.11. The van der Waals surface area contributed by atoms with Crippen molar-refractivity contribution in [3.8, 4) is 0 Å². The van der Waals surface area contributed by atoms with E-state index in [0.29, 0.717) is 19.4 Å². The lowest BCUT2D eigenvalue weighted by Gasteiger charge is -2.33. The van der Waals surface area contributed by atoms with Gasteiger partial charge in [-0.2, -0.15) is 4.31 Å². The maximum atomic E-state index is 13.2. The number of nitrogens with zero attached hydrogens (tertiary/aromatic N) is 2. The summed E-state index contributed by atoms with van der Waals surface area (Å²) >= 11 is 0. The zero-order chi connectivity index (χ0) is 15.5. The van der Waals surface area contributed by atoms with E-state index < -0.39 is 27.9 Å². The summed E-state index contributed by atoms with van der Waals surface area (Å²) in [6.45, 7) is 0.306. The van der Waals surface area contributed by atoms with Crippen molar-refractivity contribution in [3.63, 3.8) is 0 Å². The van der Waals surface area contributed by atoms with E-state index in [4.69, 9.17) is 0 Å². The number of hydrogen-bond donors (Lipinski definition) is 0. The highest BCUT2D eigenvalue weighted by atomic mass is 32.2. The zero-order valence-corrected chi connectivity index (χ0v) is 12.5. The van der Waals surface area contributed by atoms with Crippen LogP contribution in [-0.2, 0) is 19.6 Å². The molecule has 1 fully saturated rings. The van der Waals surface area contributed by atoms with Crippen LogP contribution in [0.3, 0.4) is 0 Å². The second kappa shape index (κ2) is 6.48. The summed E-state index contributed by atoms with van der Waals surface area (Å²) < 4.78 is 44.2. The van der Waals surface area contributed by atoms with Crippen molar-refractivity contribution >= 4 is 16.0 Å². The summed E-state index contributed by atoms with van der Waals surface area (Å²) in [4.78, 5) is 14.8. The molecule has 116 valence electrons. The van der Waals surface area contributed by atoms with Gasteiger partial charge in [-0.1, -0.05) is 6.42 Å². The summed E-state index contributed by atoms with van der Waals surface area (Å²) in [7, 11) is -2.60. The second-order valence-corrected chi connectivity index (χ2v) is 6.78. The number of hydrogen-bond acceptors (Lipinski definition) is 5. The third-order valence-electron chi connectivity index (χ3n) is 3.49. The Bertz CT molecular complexity index is 620. The second-order valence-electron chi connectivity index (χ2n) is 4.88. The minimum atomic E-state index is -3.86. The maximum absolute atomic E-state index is 13.2. The first-order valence-corrected chi connectivity index (χ1v) is 8.08. The maximum Gasteiger partial charge on any atom is 0.307 e. The summed E-state index contributed by atoms with van der Waals surface area (Å²) in [5.74, 6) is -1.17. The van der Waals surface area contributed by atoms with Gasteiger partial charge in [0, 0.05) is 18.8 Å². The Labute approximate surface area is 123 Å². The predicted octanol–water partition coefficient (Wildman–Crippen LogP) is 1.33. The molecule has 6 nitrogen and oxygen atoms in total. The van der Waals surface area contributed by atoms with Crippen LogP contribution in [0.4, 0.5) is 4.39 Å². The van der Waals surface area contributed by atoms with Crippen molar-refractivity contribution in [1.82, 2.24) is 9.29 Å². The van der Waals surface area contributed by atoms with Gasteiger partial charge in [-0.3, -0.25) is 9.78 Å². The van der Waals surface area contributed by atoms with Crippen LogP contribution in [-0.4, -0.2) is 43.4 Å². The largest absolute Gasteiger partial charge is 0.469 e. The van der Waals surface area contributed by atoms with Crippen molar-refractivity contribution in [3.05, 3.63) is 24.3 Å². The number of aromatic nitrogens is 1. The van der Waals surface area contributed by atoms with Crippen LogP contribution in [0.5, 0.6) is 0 Å². The van der Waals surface area contributed by atoms with Crippen molar-refractivity contribution < 1.29 is 22.3 Å². The number of sulfonamides is 1. The number of carbonyl (C=O) groups is 1. The molecule has 1 saturated heterocycles. The highest BCUT2D eigenvalue weighted by Gasteiger charge is 2.35. The molecule has 0 radical (unpaired) electrons. The van der Waals surface area contributed by atoms with Gasteiger partial charge >= 0.3 is 5.97 Å². The molecule has 0 saturated carbocycles. The highest BCUT2D eigenvalue weighted by Crippen LogP contribution is 2.27. The van der Waals surface area contributed by atoms with E-state index in [-0.39, 0.29) is 11.3 Å². The number of ether oxygens (including phenoxy) is 1. The molecule has 0 spiro atoms. The molecule has 2 rings (SSSR count). The van der Waals surface area contributed by atoms with Crippen LogP contribution < -0.4 is 0 Å². The first-order chi connectivity index (χ1) is 9.95. The summed E-state index contributed by atoms with van der Waals surface area (Å²) in [5.41, 5.74) is 0. The van der Waals surface area contributed by atoms with E-state index in [9.17, 15) is 17.6 Å². The van der Waals surface area contributed by atoms with Crippen LogP contribution in [0.15, 0.2) is 23.4 Å². The number of carbonyl (C=O) groups excluding carboxylic acids is 1. The molecule has 0 N–H and O–H groups in total. The van der Waals surface area contributed by atoms with Crippen molar-refractivity contribution in [2.24, 2.45) is 0 Å². The van der Waals surface area contributed by atoms with Gasteiger partial charge in [-0.15, -0.1) is 0 Å². The molecule has 1 atom stereocenters. The van der Waals surface area contributed by atoms with Gasteiger partial charge in [-0.25, -0.2) is 12.8 Å². The Morgan fingerprint density at radius 2 is 2.24 bits per heavy atom. The first-order valence-electron chi connectivity index (χ1n) is 6.64. The SMILES string of the molecule is COC(=O)CC1CCCCN1S(=O)(=O)c1cncc(F)c1. The first kappa shape index (κ1) is 15.8. The fourth-order valence-electron chi connectivity index (χ4n) is 2.44. The number of halogens is 1. The molecule has 1 aromatic heterocycles. The minimum Gasteiger partial charge on any atom is -0.469 e. The molecule has 0 aliphatic carbocycles. The average molecular weight is 316 g/mol. The van der Waals surface area contributed by atoms with Gasteiger partial charge in [0.05, 0.1) is 19.7 Å². The normalized spacial score (nSPS) is 20.2. The third kappa shape index (κ3) is 3.56. The third-order valence-corrected chi connectivity index (χ3v) is 5.41. The summed E-state index contributed by atoms with van der Waals surface area (Å²) in [5, 5.41) is 0. The molecule has 0 aromatic carbocycles. The molecule has 8 heteroatoms. The molecule has 1 unspecified atom stereocenters. The van der Waals surface area contributed by atoms with Gasteiger partial charge in [0.2, 0.25) is 10.0 Å². The van der Waals surface area contributed by atoms with Crippen LogP contribution in [0.25, 0.3) is 0 Å². The van der Waals surface area contributed by atoms with Gasteiger partial charge in [-0.05, 0) is 18.9 Å². The van der Waals surface area contributed by atoms with Gasteiger partial charge in [0.15, 0.2) is 0 Å². The van der Waals surface area contributed by atoms with E-state index in [1.54, 1.807) is 0 Å². The van der Waals surface area contributed by atoms with Gasteiger partial charge < -0.3 is 4.74 Å². The van der Waals surface area contributed by atoms with Crippen LogP contribution in [0.1, 0.15) is 25.7 Å². The monoisotopic (exact) mass is 316 g/mol. The summed E-state index contributed by atoms with van der Waals surface area (Å²) in [6, 6.07) is 0.478. The smallest absolute Gasteiger partial charge is 0.307 e. The molecular weight excluding hydrogens is 299 g/mol. The van der Waals surface area contributed by atoms with E-state index in [1.165, 1.54) is 11.4 Å². The lowest BCUT2D eigenvalue weighted by atomic mass is 10.0.